The van der Waals surface area contributed by atoms with Gasteiger partial charge in [-0.3, -0.25) is 9.48 Å². The largest absolute Gasteiger partial charge is 0.368 e. The van der Waals surface area contributed by atoms with Crippen LogP contribution in [0, 0.1) is 5.92 Å². The van der Waals surface area contributed by atoms with Crippen LogP contribution in [-0.2, 0) is 31.1 Å². The molecule has 0 bridgehead atoms. The van der Waals surface area contributed by atoms with Crippen LogP contribution < -0.4 is 4.90 Å². The Kier molecular flexibility index (Phi) is 4.70. The topological polar surface area (TPSA) is 41.4 Å². The van der Waals surface area contributed by atoms with Crippen LogP contribution in [0.5, 0.6) is 0 Å². The molecule has 2 aromatic rings. The Labute approximate surface area is 155 Å². The van der Waals surface area contributed by atoms with Crippen molar-refractivity contribution in [2.45, 2.75) is 32.6 Å². The van der Waals surface area contributed by atoms with Gasteiger partial charge in [0.2, 0.25) is 5.91 Å². The fraction of sp³-hybridized carbons (Fsp3) is 0.524. The molecule has 1 aliphatic heterocycles. The molecule has 138 valence electrons. The van der Waals surface area contributed by atoms with Gasteiger partial charge in [0.05, 0.1) is 6.20 Å². The minimum Gasteiger partial charge on any atom is -0.368 e. The van der Waals surface area contributed by atoms with Crippen molar-refractivity contribution in [3.8, 4) is 0 Å². The third kappa shape index (κ3) is 3.22. The van der Waals surface area contributed by atoms with Gasteiger partial charge in [0, 0.05) is 56.9 Å². The molecule has 5 heteroatoms. The van der Waals surface area contributed by atoms with Crippen molar-refractivity contribution in [2.75, 3.05) is 31.1 Å². The van der Waals surface area contributed by atoms with Crippen molar-refractivity contribution in [1.82, 2.24) is 14.7 Å². The number of nitrogens with zero attached hydrogens (tertiary/aromatic N) is 4. The first-order chi connectivity index (χ1) is 12.7. The van der Waals surface area contributed by atoms with Gasteiger partial charge in [-0.25, -0.2) is 0 Å². The Morgan fingerprint density at radius 2 is 1.88 bits per heavy atom. The van der Waals surface area contributed by atoms with E-state index in [1.807, 2.05) is 17.9 Å². The van der Waals surface area contributed by atoms with Gasteiger partial charge < -0.3 is 9.80 Å². The number of hydrogen-bond acceptors (Lipinski definition) is 3. The second kappa shape index (κ2) is 7.14. The highest BCUT2D eigenvalue weighted by atomic mass is 16.2. The number of aryl methyl sites for hydroxylation is 3. The summed E-state index contributed by atoms with van der Waals surface area (Å²) in [6, 6.07) is 8.84. The third-order valence-electron chi connectivity index (χ3n) is 6.00. The zero-order valence-corrected chi connectivity index (χ0v) is 15.8. The summed E-state index contributed by atoms with van der Waals surface area (Å²) >= 11 is 0. The first kappa shape index (κ1) is 17.1. The average Bonchev–Trinajstić information content (AvgIpc) is 3.08. The van der Waals surface area contributed by atoms with E-state index in [2.05, 4.69) is 46.1 Å². The van der Waals surface area contributed by atoms with Crippen molar-refractivity contribution in [3.05, 3.63) is 47.3 Å². The smallest absolute Gasteiger partial charge is 0.226 e. The number of carbonyl (C=O) groups is 1. The molecule has 1 aliphatic carbocycles. The third-order valence-corrected chi connectivity index (χ3v) is 6.00. The highest BCUT2D eigenvalue weighted by Gasteiger charge is 2.31. The molecule has 1 saturated heterocycles. The number of fused-ring (bicyclic) bond motifs is 1. The molecule has 1 aromatic heterocycles. The molecule has 0 spiro atoms. The van der Waals surface area contributed by atoms with Gasteiger partial charge in [-0.05, 0) is 42.5 Å². The number of aromatic nitrogens is 2. The number of piperazine rings is 1. The maximum atomic E-state index is 13.0. The first-order valence-corrected chi connectivity index (χ1v) is 9.78. The number of anilines is 1. The normalized spacial score (nSPS) is 20.2. The minimum atomic E-state index is 0.119. The fourth-order valence-electron chi connectivity index (χ4n) is 4.24. The van der Waals surface area contributed by atoms with Crippen molar-refractivity contribution >= 4 is 11.6 Å². The highest BCUT2D eigenvalue weighted by Crippen LogP contribution is 2.27. The predicted molar refractivity (Wildman–Crippen MR) is 103 cm³/mol. The van der Waals surface area contributed by atoms with Crippen LogP contribution in [0.2, 0.25) is 0 Å². The van der Waals surface area contributed by atoms with Crippen molar-refractivity contribution in [2.24, 2.45) is 13.0 Å². The van der Waals surface area contributed by atoms with E-state index in [0.29, 0.717) is 5.91 Å². The summed E-state index contributed by atoms with van der Waals surface area (Å²) in [5.74, 6) is 0.450. The Balaban J connectivity index is 1.35. The number of carbonyl (C=O) groups excluding carboxylic acids is 1. The lowest BCUT2D eigenvalue weighted by Gasteiger charge is -2.38. The lowest BCUT2D eigenvalue weighted by atomic mass is 9.87. The standard InChI is InChI=1S/C21H28N4O/c1-3-16-4-8-19(9-5-16)24-10-12-25(13-11-24)21(26)17-6-7-18-15-22-23(2)20(18)14-17/h4-5,8-9,15,17H,3,6-7,10-14H2,1-2H3. The maximum absolute atomic E-state index is 13.0. The lowest BCUT2D eigenvalue weighted by Crippen LogP contribution is -2.51. The zero-order valence-electron chi connectivity index (χ0n) is 15.8. The summed E-state index contributed by atoms with van der Waals surface area (Å²) in [6.07, 6.45) is 5.80. The Morgan fingerprint density at radius 1 is 1.15 bits per heavy atom. The summed E-state index contributed by atoms with van der Waals surface area (Å²) < 4.78 is 1.94. The Morgan fingerprint density at radius 3 is 2.58 bits per heavy atom. The SMILES string of the molecule is CCc1ccc(N2CCN(C(=O)C3CCc4cnn(C)c4C3)CC2)cc1. The highest BCUT2D eigenvalue weighted by molar-refractivity contribution is 5.79. The van der Waals surface area contributed by atoms with Crippen LogP contribution >= 0.6 is 0 Å². The van der Waals surface area contributed by atoms with Crippen LogP contribution in [0.15, 0.2) is 30.5 Å². The molecular formula is C21H28N4O. The number of hydrogen-bond donors (Lipinski definition) is 0. The van der Waals surface area contributed by atoms with E-state index in [-0.39, 0.29) is 5.92 Å². The number of rotatable bonds is 3. The average molecular weight is 352 g/mol. The molecule has 1 atom stereocenters. The lowest BCUT2D eigenvalue weighted by molar-refractivity contribution is -0.136. The predicted octanol–water partition coefficient (Wildman–Crippen LogP) is 2.44. The van der Waals surface area contributed by atoms with Crippen molar-refractivity contribution in [3.63, 3.8) is 0 Å². The fourth-order valence-corrected chi connectivity index (χ4v) is 4.24. The van der Waals surface area contributed by atoms with Gasteiger partial charge >= 0.3 is 0 Å². The summed E-state index contributed by atoms with van der Waals surface area (Å²) in [5, 5.41) is 4.35. The van der Waals surface area contributed by atoms with E-state index in [1.54, 1.807) is 0 Å². The number of amides is 1. The molecule has 5 nitrogen and oxygen atoms in total. The second-order valence-electron chi connectivity index (χ2n) is 7.51. The van der Waals surface area contributed by atoms with Crippen LogP contribution in [-0.4, -0.2) is 46.8 Å². The minimum absolute atomic E-state index is 0.119. The summed E-state index contributed by atoms with van der Waals surface area (Å²) in [7, 11) is 1.98. The van der Waals surface area contributed by atoms with E-state index in [9.17, 15) is 4.79 Å². The van der Waals surface area contributed by atoms with Gasteiger partial charge in [-0.15, -0.1) is 0 Å². The molecule has 0 saturated carbocycles. The van der Waals surface area contributed by atoms with E-state index in [1.165, 1.54) is 22.5 Å². The molecule has 0 radical (unpaired) electrons. The van der Waals surface area contributed by atoms with E-state index >= 15 is 0 Å². The number of benzene rings is 1. The van der Waals surface area contributed by atoms with Gasteiger partial charge in [-0.2, -0.15) is 5.10 Å². The maximum Gasteiger partial charge on any atom is 0.226 e. The molecule has 0 N–H and O–H groups in total. The van der Waals surface area contributed by atoms with Crippen molar-refractivity contribution in [1.29, 1.82) is 0 Å². The van der Waals surface area contributed by atoms with Gasteiger partial charge in [0.15, 0.2) is 0 Å². The monoisotopic (exact) mass is 352 g/mol. The Hall–Kier alpha value is -2.30. The summed E-state index contributed by atoms with van der Waals surface area (Å²) in [4.78, 5) is 17.5. The van der Waals surface area contributed by atoms with Crippen LogP contribution in [0.4, 0.5) is 5.69 Å². The van der Waals surface area contributed by atoms with E-state index in [4.69, 9.17) is 0 Å². The molecule has 2 heterocycles. The quantitative estimate of drug-likeness (QED) is 0.852. The molecule has 1 unspecified atom stereocenters. The van der Waals surface area contributed by atoms with Crippen LogP contribution in [0.25, 0.3) is 0 Å². The molecule has 1 fully saturated rings. The van der Waals surface area contributed by atoms with E-state index < -0.39 is 0 Å². The first-order valence-electron chi connectivity index (χ1n) is 9.78. The molecule has 1 aromatic carbocycles. The Bertz CT molecular complexity index is 772. The summed E-state index contributed by atoms with van der Waals surface area (Å²) in [6.45, 7) is 5.66. The molecule has 4 rings (SSSR count). The van der Waals surface area contributed by atoms with Crippen molar-refractivity contribution < 1.29 is 4.79 Å². The van der Waals surface area contributed by atoms with Crippen LogP contribution in [0.1, 0.15) is 30.2 Å². The molecular weight excluding hydrogens is 324 g/mol. The zero-order chi connectivity index (χ0) is 18.1. The van der Waals surface area contributed by atoms with Gasteiger partial charge in [-0.1, -0.05) is 19.1 Å². The van der Waals surface area contributed by atoms with Gasteiger partial charge in [0.1, 0.15) is 0 Å². The van der Waals surface area contributed by atoms with Gasteiger partial charge in [0.25, 0.3) is 0 Å². The molecule has 26 heavy (non-hydrogen) atoms. The second-order valence-corrected chi connectivity index (χ2v) is 7.51. The summed E-state index contributed by atoms with van der Waals surface area (Å²) in [5.41, 5.74) is 5.20. The van der Waals surface area contributed by atoms with E-state index in [0.717, 1.165) is 51.9 Å². The van der Waals surface area contributed by atoms with Crippen LogP contribution in [0.3, 0.4) is 0 Å². The molecule has 2 aliphatic rings. The molecule has 1 amide bonds.